The predicted molar refractivity (Wildman–Crippen MR) is 99.2 cm³/mol. The van der Waals surface area contributed by atoms with Crippen LogP contribution in [0.1, 0.15) is 36.0 Å². The van der Waals surface area contributed by atoms with E-state index in [1.807, 2.05) is 42.6 Å². The Bertz CT molecular complexity index is 777. The van der Waals surface area contributed by atoms with E-state index in [2.05, 4.69) is 15.6 Å². The topological polar surface area (TPSA) is 91.3 Å². The van der Waals surface area contributed by atoms with Crippen LogP contribution < -0.4 is 10.6 Å². The van der Waals surface area contributed by atoms with E-state index < -0.39 is 5.97 Å². The number of anilines is 1. The van der Waals surface area contributed by atoms with Crippen molar-refractivity contribution in [3.63, 3.8) is 0 Å². The summed E-state index contributed by atoms with van der Waals surface area (Å²) in [4.78, 5) is 27.5. The highest BCUT2D eigenvalue weighted by atomic mass is 16.4. The van der Waals surface area contributed by atoms with E-state index in [4.69, 9.17) is 5.11 Å². The van der Waals surface area contributed by atoms with Gasteiger partial charge in [-0.3, -0.25) is 10.1 Å². The summed E-state index contributed by atoms with van der Waals surface area (Å²) < 4.78 is 0. The van der Waals surface area contributed by atoms with Gasteiger partial charge >= 0.3 is 12.0 Å². The van der Waals surface area contributed by atoms with E-state index in [1.54, 1.807) is 0 Å². The molecule has 6 heteroatoms. The van der Waals surface area contributed by atoms with Crippen molar-refractivity contribution in [1.29, 1.82) is 0 Å². The molecule has 1 aliphatic carbocycles. The van der Waals surface area contributed by atoms with Gasteiger partial charge in [-0.1, -0.05) is 30.3 Å². The molecule has 3 N–H and O–H groups in total. The molecule has 0 fully saturated rings. The van der Waals surface area contributed by atoms with Gasteiger partial charge in [0.25, 0.3) is 0 Å². The second kappa shape index (κ2) is 8.47. The molecule has 1 aliphatic rings. The first-order valence-electron chi connectivity index (χ1n) is 8.91. The molecule has 1 atom stereocenters. The molecule has 0 bridgehead atoms. The Labute approximate surface area is 152 Å². The van der Waals surface area contributed by atoms with Crippen LogP contribution in [0, 0.1) is 0 Å². The van der Waals surface area contributed by atoms with Crippen LogP contribution in [0.3, 0.4) is 0 Å². The lowest BCUT2D eigenvalue weighted by Gasteiger charge is -2.18. The molecule has 1 aromatic heterocycles. The molecule has 2 amide bonds. The van der Waals surface area contributed by atoms with E-state index in [0.717, 1.165) is 24.8 Å². The SMILES string of the molecule is O=C(O)CCC(Cc1ccccc1)NC(=O)Nc1cc2c(cn1)CCC2. The zero-order chi connectivity index (χ0) is 18.4. The number of carboxylic acid groups (broad SMARTS) is 1. The molecule has 2 aromatic rings. The third kappa shape index (κ3) is 5.05. The Hall–Kier alpha value is -2.89. The van der Waals surface area contributed by atoms with Gasteiger partial charge in [0.05, 0.1) is 0 Å². The van der Waals surface area contributed by atoms with Crippen LogP contribution in [0.5, 0.6) is 0 Å². The number of carbonyl (C=O) groups excluding carboxylic acids is 1. The quantitative estimate of drug-likeness (QED) is 0.713. The molecule has 0 radical (unpaired) electrons. The summed E-state index contributed by atoms with van der Waals surface area (Å²) in [6.07, 6.45) is 5.97. The molecule has 6 nitrogen and oxygen atoms in total. The highest BCUT2D eigenvalue weighted by molar-refractivity contribution is 5.88. The molecular formula is C20H23N3O3. The normalized spacial score (nSPS) is 13.7. The Morgan fingerprint density at radius 3 is 2.69 bits per heavy atom. The molecule has 136 valence electrons. The average molecular weight is 353 g/mol. The molecule has 0 spiro atoms. The number of hydrogen-bond acceptors (Lipinski definition) is 3. The van der Waals surface area contributed by atoms with Gasteiger partial charge in [0.15, 0.2) is 0 Å². The van der Waals surface area contributed by atoms with Crippen LogP contribution in [0.15, 0.2) is 42.6 Å². The maximum absolute atomic E-state index is 12.3. The second-order valence-electron chi connectivity index (χ2n) is 6.61. The lowest BCUT2D eigenvalue weighted by Crippen LogP contribution is -2.39. The zero-order valence-electron chi connectivity index (χ0n) is 14.6. The number of fused-ring (bicyclic) bond motifs is 1. The number of nitrogens with one attached hydrogen (secondary N) is 2. The van der Waals surface area contributed by atoms with Crippen LogP contribution in [0.4, 0.5) is 10.6 Å². The van der Waals surface area contributed by atoms with Crippen LogP contribution in [-0.4, -0.2) is 28.1 Å². The first kappa shape index (κ1) is 17.9. The lowest BCUT2D eigenvalue weighted by molar-refractivity contribution is -0.137. The maximum Gasteiger partial charge on any atom is 0.320 e. The highest BCUT2D eigenvalue weighted by Gasteiger charge is 2.16. The van der Waals surface area contributed by atoms with E-state index in [0.29, 0.717) is 18.7 Å². The van der Waals surface area contributed by atoms with Gasteiger partial charge in [-0.25, -0.2) is 9.78 Å². The van der Waals surface area contributed by atoms with Gasteiger partial charge in [0.1, 0.15) is 5.82 Å². The van der Waals surface area contributed by atoms with Crippen LogP contribution >= 0.6 is 0 Å². The van der Waals surface area contributed by atoms with Gasteiger partial charge in [0.2, 0.25) is 0 Å². The van der Waals surface area contributed by atoms with Gasteiger partial charge < -0.3 is 10.4 Å². The van der Waals surface area contributed by atoms with Crippen molar-refractivity contribution in [3.05, 3.63) is 59.3 Å². The van der Waals surface area contributed by atoms with Crippen LogP contribution in [0.25, 0.3) is 0 Å². The molecular weight excluding hydrogens is 330 g/mol. The van der Waals surface area contributed by atoms with Gasteiger partial charge in [-0.15, -0.1) is 0 Å². The molecule has 3 rings (SSSR count). The number of aliphatic carboxylic acids is 1. The number of benzene rings is 1. The summed E-state index contributed by atoms with van der Waals surface area (Å²) in [6.45, 7) is 0. The minimum absolute atomic E-state index is 0.00880. The van der Waals surface area contributed by atoms with Crippen molar-refractivity contribution >= 4 is 17.8 Å². The highest BCUT2D eigenvalue weighted by Crippen LogP contribution is 2.23. The summed E-state index contributed by atoms with van der Waals surface area (Å²) in [6, 6.07) is 11.0. The number of amides is 2. The third-order valence-electron chi connectivity index (χ3n) is 4.58. The van der Waals surface area contributed by atoms with E-state index in [1.165, 1.54) is 11.1 Å². The predicted octanol–water partition coefficient (Wildman–Crippen LogP) is 3.17. The molecule has 1 aromatic carbocycles. The fourth-order valence-corrected chi connectivity index (χ4v) is 3.28. The average Bonchev–Trinajstić information content (AvgIpc) is 3.08. The number of urea groups is 1. The number of carbonyl (C=O) groups is 2. The van der Waals surface area contributed by atoms with Gasteiger partial charge in [0, 0.05) is 18.7 Å². The summed E-state index contributed by atoms with van der Waals surface area (Å²) in [7, 11) is 0. The number of hydrogen-bond donors (Lipinski definition) is 3. The third-order valence-corrected chi connectivity index (χ3v) is 4.58. The van der Waals surface area contributed by atoms with Crippen molar-refractivity contribution in [2.75, 3.05) is 5.32 Å². The van der Waals surface area contributed by atoms with Crippen LogP contribution in [0.2, 0.25) is 0 Å². The Morgan fingerprint density at radius 2 is 1.92 bits per heavy atom. The Morgan fingerprint density at radius 1 is 1.15 bits per heavy atom. The van der Waals surface area contributed by atoms with Crippen molar-refractivity contribution < 1.29 is 14.7 Å². The van der Waals surface area contributed by atoms with Gasteiger partial charge in [-0.05, 0) is 54.9 Å². The van der Waals surface area contributed by atoms with Crippen molar-refractivity contribution in [3.8, 4) is 0 Å². The van der Waals surface area contributed by atoms with Crippen molar-refractivity contribution in [2.24, 2.45) is 0 Å². The van der Waals surface area contributed by atoms with Crippen molar-refractivity contribution in [2.45, 2.75) is 44.6 Å². The molecule has 0 saturated carbocycles. The lowest BCUT2D eigenvalue weighted by atomic mass is 10.0. The largest absolute Gasteiger partial charge is 0.481 e. The number of aryl methyl sites for hydroxylation is 2. The second-order valence-corrected chi connectivity index (χ2v) is 6.61. The fourth-order valence-electron chi connectivity index (χ4n) is 3.28. The summed E-state index contributed by atoms with van der Waals surface area (Å²) in [5.41, 5.74) is 3.54. The monoisotopic (exact) mass is 353 g/mol. The summed E-state index contributed by atoms with van der Waals surface area (Å²) in [5, 5.41) is 14.6. The first-order valence-corrected chi connectivity index (χ1v) is 8.91. The molecule has 1 unspecified atom stereocenters. The zero-order valence-corrected chi connectivity index (χ0v) is 14.6. The molecule has 26 heavy (non-hydrogen) atoms. The Kier molecular flexibility index (Phi) is 5.84. The Balaban J connectivity index is 1.61. The fraction of sp³-hybridized carbons (Fsp3) is 0.350. The summed E-state index contributed by atoms with van der Waals surface area (Å²) in [5.74, 6) is -0.342. The van der Waals surface area contributed by atoms with Crippen molar-refractivity contribution in [1.82, 2.24) is 10.3 Å². The number of pyridine rings is 1. The first-order chi connectivity index (χ1) is 12.6. The summed E-state index contributed by atoms with van der Waals surface area (Å²) >= 11 is 0. The molecule has 0 aliphatic heterocycles. The van der Waals surface area contributed by atoms with E-state index in [9.17, 15) is 9.59 Å². The number of nitrogens with zero attached hydrogens (tertiary/aromatic N) is 1. The minimum atomic E-state index is -0.870. The maximum atomic E-state index is 12.3. The van der Waals surface area contributed by atoms with E-state index >= 15 is 0 Å². The smallest absolute Gasteiger partial charge is 0.320 e. The molecule has 0 saturated heterocycles. The number of aromatic nitrogens is 1. The standard InChI is InChI=1S/C20H23N3O3/c24-19(25)10-9-17(11-14-5-2-1-3-6-14)22-20(26)23-18-12-15-7-4-8-16(15)13-21-18/h1-3,5-6,12-13,17H,4,7-11H2,(H,24,25)(H2,21,22,23,26). The minimum Gasteiger partial charge on any atom is -0.481 e. The number of carboxylic acids is 1. The van der Waals surface area contributed by atoms with Crippen LogP contribution in [-0.2, 0) is 24.1 Å². The number of rotatable bonds is 7. The van der Waals surface area contributed by atoms with Gasteiger partial charge in [-0.2, -0.15) is 0 Å². The van der Waals surface area contributed by atoms with E-state index in [-0.39, 0.29) is 18.5 Å². The molecule has 1 heterocycles.